The summed E-state index contributed by atoms with van der Waals surface area (Å²) in [6.07, 6.45) is 0.252. The van der Waals surface area contributed by atoms with Gasteiger partial charge in [0, 0.05) is 25.8 Å². The summed E-state index contributed by atoms with van der Waals surface area (Å²) in [4.78, 5) is 47.0. The number of nitrogens with zero attached hydrogens (tertiary/aromatic N) is 1. The van der Waals surface area contributed by atoms with Gasteiger partial charge in [0.2, 0.25) is 23.6 Å². The lowest BCUT2D eigenvalue weighted by molar-refractivity contribution is -0.139. The van der Waals surface area contributed by atoms with Gasteiger partial charge in [-0.15, -0.1) is 0 Å². The molecule has 0 atom stereocenters. The maximum Gasteiger partial charge on any atom is 0.242 e. The second-order valence-electron chi connectivity index (χ2n) is 5.09. The Morgan fingerprint density at radius 2 is 1.57 bits per heavy atom. The minimum absolute atomic E-state index is 0.00265. The minimum Gasteiger partial charge on any atom is -0.282 e. The summed E-state index contributed by atoms with van der Waals surface area (Å²) >= 11 is 0. The Morgan fingerprint density at radius 1 is 1.00 bits per heavy atom. The van der Waals surface area contributed by atoms with Crippen molar-refractivity contribution in [1.29, 1.82) is 0 Å². The maximum absolute atomic E-state index is 12.7. The monoisotopic (exact) mass is 321 g/mol. The molecule has 0 aliphatic carbocycles. The van der Waals surface area contributed by atoms with Crippen LogP contribution in [-0.2, 0) is 25.6 Å². The topological polar surface area (TPSA) is 95.6 Å². The van der Waals surface area contributed by atoms with Crippen LogP contribution in [0, 0.1) is 5.82 Å². The molecular formula is C15H16FN3O4. The lowest BCUT2D eigenvalue weighted by Gasteiger charge is -2.13. The number of amides is 4. The fourth-order valence-corrected chi connectivity index (χ4v) is 2.12. The van der Waals surface area contributed by atoms with Crippen LogP contribution < -0.4 is 10.9 Å². The Labute approximate surface area is 131 Å². The Hall–Kier alpha value is -2.77. The average Bonchev–Trinajstić information content (AvgIpc) is 2.84. The van der Waals surface area contributed by atoms with Crippen molar-refractivity contribution >= 4 is 23.6 Å². The van der Waals surface area contributed by atoms with E-state index in [1.165, 1.54) is 24.3 Å². The molecule has 7 nitrogen and oxygen atoms in total. The molecule has 0 unspecified atom stereocenters. The molecule has 4 amide bonds. The molecule has 0 spiro atoms. The molecule has 0 saturated carbocycles. The van der Waals surface area contributed by atoms with Crippen LogP contribution in [0.25, 0.3) is 0 Å². The largest absolute Gasteiger partial charge is 0.282 e. The molecular weight excluding hydrogens is 305 g/mol. The van der Waals surface area contributed by atoms with E-state index >= 15 is 0 Å². The van der Waals surface area contributed by atoms with Crippen molar-refractivity contribution in [1.82, 2.24) is 15.8 Å². The van der Waals surface area contributed by atoms with Gasteiger partial charge in [0.15, 0.2) is 0 Å². The zero-order valence-electron chi connectivity index (χ0n) is 12.3. The number of nitrogens with one attached hydrogen (secondary N) is 2. The molecule has 1 aliphatic rings. The number of rotatable bonds is 5. The number of likely N-dealkylation sites (tertiary alicyclic amines) is 1. The molecule has 2 N–H and O–H groups in total. The molecule has 2 rings (SSSR count). The summed E-state index contributed by atoms with van der Waals surface area (Å²) < 4.78 is 12.7. The van der Waals surface area contributed by atoms with E-state index in [9.17, 15) is 23.6 Å². The quantitative estimate of drug-likeness (QED) is 0.592. The van der Waals surface area contributed by atoms with Gasteiger partial charge in [-0.3, -0.25) is 34.9 Å². The van der Waals surface area contributed by atoms with Gasteiger partial charge >= 0.3 is 0 Å². The van der Waals surface area contributed by atoms with Crippen LogP contribution in [0.5, 0.6) is 0 Å². The highest BCUT2D eigenvalue weighted by Gasteiger charge is 2.28. The second kappa shape index (κ2) is 7.48. The zero-order valence-corrected chi connectivity index (χ0v) is 12.3. The van der Waals surface area contributed by atoms with Gasteiger partial charge in [-0.05, 0) is 17.7 Å². The first-order chi connectivity index (χ1) is 11.0. The van der Waals surface area contributed by atoms with Gasteiger partial charge in [-0.1, -0.05) is 12.1 Å². The van der Waals surface area contributed by atoms with Crippen LogP contribution in [0.15, 0.2) is 24.3 Å². The molecule has 122 valence electrons. The molecule has 8 heteroatoms. The summed E-state index contributed by atoms with van der Waals surface area (Å²) in [5, 5.41) is 0. The fourth-order valence-electron chi connectivity index (χ4n) is 2.12. The van der Waals surface area contributed by atoms with Crippen molar-refractivity contribution in [2.24, 2.45) is 0 Å². The highest BCUT2D eigenvalue weighted by molar-refractivity contribution is 6.02. The first-order valence-corrected chi connectivity index (χ1v) is 7.11. The van der Waals surface area contributed by atoms with Crippen LogP contribution in [0.3, 0.4) is 0 Å². The molecule has 1 aromatic carbocycles. The van der Waals surface area contributed by atoms with Crippen molar-refractivity contribution in [2.45, 2.75) is 25.7 Å². The van der Waals surface area contributed by atoms with Gasteiger partial charge in [-0.2, -0.15) is 0 Å². The summed E-state index contributed by atoms with van der Waals surface area (Å²) in [5.41, 5.74) is 5.03. The van der Waals surface area contributed by atoms with E-state index in [4.69, 9.17) is 0 Å². The van der Waals surface area contributed by atoms with Gasteiger partial charge in [0.1, 0.15) is 5.82 Å². The van der Waals surface area contributed by atoms with Crippen LogP contribution in [0.4, 0.5) is 4.39 Å². The van der Waals surface area contributed by atoms with Crippen molar-refractivity contribution in [2.75, 3.05) is 6.54 Å². The summed E-state index contributed by atoms with van der Waals surface area (Å²) in [6.45, 7) is -0.00265. The van der Waals surface area contributed by atoms with Gasteiger partial charge < -0.3 is 0 Å². The van der Waals surface area contributed by atoms with Crippen LogP contribution >= 0.6 is 0 Å². The summed E-state index contributed by atoms with van der Waals surface area (Å²) in [6, 6.07) is 5.43. The Kier molecular flexibility index (Phi) is 5.40. The third-order valence-electron chi connectivity index (χ3n) is 3.34. The first-order valence-electron chi connectivity index (χ1n) is 7.11. The fraction of sp³-hybridized carbons (Fsp3) is 0.333. The Balaban J connectivity index is 1.69. The molecule has 1 saturated heterocycles. The number of hydrogen-bond donors (Lipinski definition) is 2. The molecule has 1 fully saturated rings. The average molecular weight is 321 g/mol. The van der Waals surface area contributed by atoms with E-state index in [1.807, 2.05) is 0 Å². The van der Waals surface area contributed by atoms with Gasteiger partial charge in [0.05, 0.1) is 6.42 Å². The Bertz CT molecular complexity index is 614. The Morgan fingerprint density at radius 3 is 2.17 bits per heavy atom. The number of halogens is 1. The van der Waals surface area contributed by atoms with Crippen LogP contribution in [0.1, 0.15) is 24.8 Å². The van der Waals surface area contributed by atoms with E-state index < -0.39 is 17.6 Å². The zero-order chi connectivity index (χ0) is 16.8. The lowest BCUT2D eigenvalue weighted by atomic mass is 10.1. The second-order valence-corrected chi connectivity index (χ2v) is 5.09. The molecule has 1 aliphatic heterocycles. The van der Waals surface area contributed by atoms with Crippen molar-refractivity contribution in [3.05, 3.63) is 35.6 Å². The maximum atomic E-state index is 12.7. The van der Waals surface area contributed by atoms with Crippen molar-refractivity contribution in [3.8, 4) is 0 Å². The number of benzene rings is 1. The number of imide groups is 1. The molecule has 0 bridgehead atoms. The van der Waals surface area contributed by atoms with Crippen molar-refractivity contribution in [3.63, 3.8) is 0 Å². The molecule has 1 heterocycles. The summed E-state index contributed by atoms with van der Waals surface area (Å²) in [5.74, 6) is -1.94. The first kappa shape index (κ1) is 16.6. The molecule has 0 aromatic heterocycles. The van der Waals surface area contributed by atoms with E-state index in [0.29, 0.717) is 5.56 Å². The normalized spacial score (nSPS) is 14.0. The van der Waals surface area contributed by atoms with Gasteiger partial charge in [-0.25, -0.2) is 4.39 Å². The lowest BCUT2D eigenvalue weighted by Crippen LogP contribution is -2.43. The summed E-state index contributed by atoms with van der Waals surface area (Å²) in [7, 11) is 0. The molecule has 23 heavy (non-hydrogen) atoms. The minimum atomic E-state index is -0.509. The third kappa shape index (κ3) is 4.87. The highest BCUT2D eigenvalue weighted by atomic mass is 19.1. The number of carbonyl (C=O) groups excluding carboxylic acids is 4. The van der Waals surface area contributed by atoms with E-state index in [0.717, 1.165) is 4.90 Å². The smallest absolute Gasteiger partial charge is 0.242 e. The van der Waals surface area contributed by atoms with Crippen LogP contribution in [0.2, 0.25) is 0 Å². The van der Waals surface area contributed by atoms with E-state index in [1.54, 1.807) is 0 Å². The predicted molar refractivity (Wildman–Crippen MR) is 77.0 cm³/mol. The highest BCUT2D eigenvalue weighted by Crippen LogP contribution is 2.11. The number of hydrogen-bond acceptors (Lipinski definition) is 4. The SMILES string of the molecule is O=C(CCN1C(=O)CCC1=O)NNC(=O)Cc1ccc(F)cc1. The predicted octanol–water partition coefficient (Wildman–Crippen LogP) is 0.0547. The van der Waals surface area contributed by atoms with E-state index in [2.05, 4.69) is 10.9 Å². The molecule has 1 aromatic rings. The third-order valence-corrected chi connectivity index (χ3v) is 3.34. The number of carbonyl (C=O) groups is 4. The van der Waals surface area contributed by atoms with Gasteiger partial charge in [0.25, 0.3) is 0 Å². The van der Waals surface area contributed by atoms with Crippen LogP contribution in [-0.4, -0.2) is 35.1 Å². The standard InChI is InChI=1S/C15H16FN3O4/c16-11-3-1-10(2-4-11)9-13(21)18-17-12(20)7-8-19-14(22)5-6-15(19)23/h1-4H,5-9H2,(H,17,20)(H,18,21). The number of hydrazine groups is 1. The van der Waals surface area contributed by atoms with Crippen molar-refractivity contribution < 1.29 is 23.6 Å². The van der Waals surface area contributed by atoms with E-state index in [-0.39, 0.29) is 44.0 Å². The molecule has 0 radical (unpaired) electrons.